The Morgan fingerprint density at radius 1 is 1.15 bits per heavy atom. The summed E-state index contributed by atoms with van der Waals surface area (Å²) < 4.78 is 32.5. The van der Waals surface area contributed by atoms with E-state index in [4.69, 9.17) is 4.74 Å². The fourth-order valence-electron chi connectivity index (χ4n) is 3.94. The van der Waals surface area contributed by atoms with Gasteiger partial charge in [0.1, 0.15) is 11.9 Å². The third-order valence-electron chi connectivity index (χ3n) is 5.52. The van der Waals surface area contributed by atoms with Crippen LogP contribution in [0.2, 0.25) is 0 Å². The van der Waals surface area contributed by atoms with Crippen LogP contribution in [-0.4, -0.2) is 35.0 Å². The highest BCUT2D eigenvalue weighted by molar-refractivity contribution is 5.80. The summed E-state index contributed by atoms with van der Waals surface area (Å²) in [6, 6.07) is 9.37. The molecule has 0 spiro atoms. The molecular weight excluding hydrogens is 350 g/mol. The minimum Gasteiger partial charge on any atom is -0.470 e. The number of likely N-dealkylation sites (tertiary alicyclic amines) is 1. The standard InChI is InChI=1S/C21H22F2N2O2/c22-17-7-5-14(6-8-17)15-11-16(12-15)21(26)25-10-2-3-18(13-25)27-20-19(23)4-1-9-24-20/h1,4-9,15-16,18H,2-3,10-13H2. The van der Waals surface area contributed by atoms with Crippen molar-refractivity contribution in [2.24, 2.45) is 5.92 Å². The van der Waals surface area contributed by atoms with E-state index in [1.807, 2.05) is 4.90 Å². The van der Waals surface area contributed by atoms with Gasteiger partial charge in [-0.3, -0.25) is 4.79 Å². The fourth-order valence-corrected chi connectivity index (χ4v) is 3.94. The van der Waals surface area contributed by atoms with Crippen LogP contribution in [0.3, 0.4) is 0 Å². The molecule has 0 N–H and O–H groups in total. The Hall–Kier alpha value is -2.50. The van der Waals surface area contributed by atoms with Crippen LogP contribution in [0.5, 0.6) is 5.88 Å². The summed E-state index contributed by atoms with van der Waals surface area (Å²) in [5.74, 6) is -0.263. The first-order valence-corrected chi connectivity index (χ1v) is 9.41. The molecule has 1 aliphatic heterocycles. The highest BCUT2D eigenvalue weighted by Gasteiger charge is 2.39. The SMILES string of the molecule is O=C(C1CC(c2ccc(F)cc2)C1)N1CCCC(Oc2ncccc2F)C1. The molecule has 1 aliphatic carbocycles. The van der Waals surface area contributed by atoms with Gasteiger partial charge in [0, 0.05) is 18.7 Å². The van der Waals surface area contributed by atoms with E-state index >= 15 is 0 Å². The molecule has 1 saturated heterocycles. The van der Waals surface area contributed by atoms with Crippen LogP contribution in [0.15, 0.2) is 42.6 Å². The molecule has 2 aromatic rings. The highest BCUT2D eigenvalue weighted by Crippen LogP contribution is 2.42. The van der Waals surface area contributed by atoms with E-state index < -0.39 is 5.82 Å². The van der Waals surface area contributed by atoms with E-state index in [9.17, 15) is 13.6 Å². The van der Waals surface area contributed by atoms with Gasteiger partial charge in [-0.25, -0.2) is 13.8 Å². The quantitative estimate of drug-likeness (QED) is 0.817. The van der Waals surface area contributed by atoms with Crippen molar-refractivity contribution in [3.63, 3.8) is 0 Å². The van der Waals surface area contributed by atoms with Crippen LogP contribution in [0, 0.1) is 17.6 Å². The summed E-state index contributed by atoms with van der Waals surface area (Å²) >= 11 is 0. The van der Waals surface area contributed by atoms with Gasteiger partial charge in [-0.1, -0.05) is 12.1 Å². The Kier molecular flexibility index (Phi) is 5.05. The minimum atomic E-state index is -0.484. The van der Waals surface area contributed by atoms with Gasteiger partial charge in [0.05, 0.1) is 6.54 Å². The van der Waals surface area contributed by atoms with Crippen molar-refractivity contribution in [2.75, 3.05) is 13.1 Å². The number of pyridine rings is 1. The lowest BCUT2D eigenvalue weighted by Gasteiger charge is -2.40. The lowest BCUT2D eigenvalue weighted by Crippen LogP contribution is -2.48. The first-order chi connectivity index (χ1) is 13.1. The summed E-state index contributed by atoms with van der Waals surface area (Å²) in [5.41, 5.74) is 1.09. The zero-order valence-electron chi connectivity index (χ0n) is 15.0. The van der Waals surface area contributed by atoms with E-state index in [1.54, 1.807) is 12.1 Å². The number of benzene rings is 1. The van der Waals surface area contributed by atoms with E-state index in [-0.39, 0.29) is 29.6 Å². The number of hydrogen-bond acceptors (Lipinski definition) is 3. The predicted octanol–water partition coefficient (Wildman–Crippen LogP) is 3.92. The molecule has 4 rings (SSSR count). The van der Waals surface area contributed by atoms with Gasteiger partial charge in [0.15, 0.2) is 5.82 Å². The third kappa shape index (κ3) is 3.94. The van der Waals surface area contributed by atoms with Crippen molar-refractivity contribution in [1.29, 1.82) is 0 Å². The molecule has 6 heteroatoms. The molecular formula is C21H22F2N2O2. The molecule has 1 amide bonds. The average Bonchev–Trinajstić information content (AvgIpc) is 2.64. The Balaban J connectivity index is 1.31. The smallest absolute Gasteiger partial charge is 0.250 e. The molecule has 27 heavy (non-hydrogen) atoms. The molecule has 0 bridgehead atoms. The van der Waals surface area contributed by atoms with Crippen LogP contribution in [0.1, 0.15) is 37.2 Å². The summed E-state index contributed by atoms with van der Waals surface area (Å²) in [7, 11) is 0. The number of halogens is 2. The third-order valence-corrected chi connectivity index (χ3v) is 5.52. The van der Waals surface area contributed by atoms with Crippen molar-refractivity contribution in [3.05, 3.63) is 59.8 Å². The number of piperidine rings is 1. The van der Waals surface area contributed by atoms with Crippen molar-refractivity contribution in [3.8, 4) is 5.88 Å². The number of nitrogens with zero attached hydrogens (tertiary/aromatic N) is 2. The average molecular weight is 372 g/mol. The first-order valence-electron chi connectivity index (χ1n) is 9.41. The fraction of sp³-hybridized carbons (Fsp3) is 0.429. The van der Waals surface area contributed by atoms with E-state index in [0.29, 0.717) is 19.0 Å². The second-order valence-corrected chi connectivity index (χ2v) is 7.37. The molecule has 2 fully saturated rings. The Labute approximate surface area is 157 Å². The maximum absolute atomic E-state index is 13.7. The Morgan fingerprint density at radius 2 is 1.93 bits per heavy atom. The summed E-state index contributed by atoms with van der Waals surface area (Å²) in [6.07, 6.45) is 4.46. The maximum Gasteiger partial charge on any atom is 0.250 e. The zero-order valence-corrected chi connectivity index (χ0v) is 15.0. The number of hydrogen-bond donors (Lipinski definition) is 0. The van der Waals surface area contributed by atoms with Gasteiger partial charge in [-0.2, -0.15) is 0 Å². The monoisotopic (exact) mass is 372 g/mol. The van der Waals surface area contributed by atoms with Gasteiger partial charge in [-0.15, -0.1) is 0 Å². The lowest BCUT2D eigenvalue weighted by atomic mass is 9.70. The van der Waals surface area contributed by atoms with Gasteiger partial charge < -0.3 is 9.64 Å². The number of carbonyl (C=O) groups is 1. The number of amides is 1. The van der Waals surface area contributed by atoms with E-state index in [2.05, 4.69) is 4.98 Å². The highest BCUT2D eigenvalue weighted by atomic mass is 19.1. The molecule has 1 saturated carbocycles. The summed E-state index contributed by atoms with van der Waals surface area (Å²) in [5, 5.41) is 0. The van der Waals surface area contributed by atoms with Crippen LogP contribution >= 0.6 is 0 Å². The van der Waals surface area contributed by atoms with E-state index in [1.165, 1.54) is 30.5 Å². The molecule has 1 aromatic heterocycles. The van der Waals surface area contributed by atoms with Gasteiger partial charge >= 0.3 is 0 Å². The summed E-state index contributed by atoms with van der Waals surface area (Å²) in [6.45, 7) is 1.17. The van der Waals surface area contributed by atoms with Gasteiger partial charge in [0.25, 0.3) is 5.88 Å². The predicted molar refractivity (Wildman–Crippen MR) is 96.3 cm³/mol. The molecule has 1 atom stereocenters. The van der Waals surface area contributed by atoms with Crippen LogP contribution < -0.4 is 4.74 Å². The van der Waals surface area contributed by atoms with Gasteiger partial charge in [0.2, 0.25) is 5.91 Å². The van der Waals surface area contributed by atoms with Crippen molar-refractivity contribution in [1.82, 2.24) is 9.88 Å². The van der Waals surface area contributed by atoms with Crippen LogP contribution in [-0.2, 0) is 4.79 Å². The minimum absolute atomic E-state index is 0.00295. The maximum atomic E-state index is 13.7. The van der Waals surface area contributed by atoms with Crippen LogP contribution in [0.25, 0.3) is 0 Å². The molecule has 2 aliphatic rings. The number of rotatable bonds is 4. The normalized spacial score (nSPS) is 25.0. The molecule has 142 valence electrons. The second kappa shape index (κ2) is 7.62. The molecule has 2 heterocycles. The topological polar surface area (TPSA) is 42.4 Å². The number of carbonyl (C=O) groups excluding carboxylic acids is 1. The van der Waals surface area contributed by atoms with Crippen molar-refractivity contribution < 1.29 is 18.3 Å². The molecule has 0 radical (unpaired) electrons. The van der Waals surface area contributed by atoms with Crippen molar-refractivity contribution >= 4 is 5.91 Å². The second-order valence-electron chi connectivity index (χ2n) is 7.37. The Morgan fingerprint density at radius 3 is 2.67 bits per heavy atom. The Bertz CT molecular complexity index is 806. The zero-order chi connectivity index (χ0) is 18.8. The van der Waals surface area contributed by atoms with Gasteiger partial charge in [-0.05, 0) is 61.4 Å². The molecule has 1 aromatic carbocycles. The summed E-state index contributed by atoms with van der Waals surface area (Å²) in [4.78, 5) is 18.6. The van der Waals surface area contributed by atoms with Crippen molar-refractivity contribution in [2.45, 2.75) is 37.7 Å². The molecule has 4 nitrogen and oxygen atoms in total. The lowest BCUT2D eigenvalue weighted by molar-refractivity contribution is -0.141. The van der Waals surface area contributed by atoms with E-state index in [0.717, 1.165) is 31.2 Å². The number of aromatic nitrogens is 1. The molecule has 1 unspecified atom stereocenters. The van der Waals surface area contributed by atoms with Crippen LogP contribution in [0.4, 0.5) is 8.78 Å². The first kappa shape index (κ1) is 17.9. The largest absolute Gasteiger partial charge is 0.470 e. The number of ether oxygens (including phenoxy) is 1.